The Balaban J connectivity index is 2.41. The molecule has 1 N–H and O–H groups in total. The van der Waals surface area contributed by atoms with Gasteiger partial charge in [0.05, 0.1) is 6.61 Å². The summed E-state index contributed by atoms with van der Waals surface area (Å²) < 4.78 is 5.27. The number of hydrogen-bond donors (Lipinski definition) is 1. The first-order valence-corrected chi connectivity index (χ1v) is 6.28. The SMILES string of the molecule is CCNC(COC)CC1CN(C)CCN1C. The summed E-state index contributed by atoms with van der Waals surface area (Å²) in [5.74, 6) is 0. The molecule has 1 heterocycles. The van der Waals surface area contributed by atoms with Crippen molar-refractivity contribution >= 4 is 0 Å². The van der Waals surface area contributed by atoms with Crippen LogP contribution in [-0.2, 0) is 4.74 Å². The molecule has 0 aromatic heterocycles. The Morgan fingerprint density at radius 3 is 2.75 bits per heavy atom. The fraction of sp³-hybridized carbons (Fsp3) is 1.00. The Kier molecular flexibility index (Phi) is 6.28. The van der Waals surface area contributed by atoms with Crippen LogP contribution in [0.5, 0.6) is 0 Å². The van der Waals surface area contributed by atoms with Gasteiger partial charge in [0.1, 0.15) is 0 Å². The predicted molar refractivity (Wildman–Crippen MR) is 67.9 cm³/mol. The van der Waals surface area contributed by atoms with E-state index in [4.69, 9.17) is 4.74 Å². The van der Waals surface area contributed by atoms with Gasteiger partial charge >= 0.3 is 0 Å². The van der Waals surface area contributed by atoms with E-state index in [0.29, 0.717) is 12.1 Å². The van der Waals surface area contributed by atoms with Gasteiger partial charge in [-0.05, 0) is 27.1 Å². The molecular formula is C12H27N3O. The van der Waals surface area contributed by atoms with E-state index in [1.807, 2.05) is 0 Å². The Morgan fingerprint density at radius 1 is 1.38 bits per heavy atom. The summed E-state index contributed by atoms with van der Waals surface area (Å²) in [6.45, 7) is 7.50. The van der Waals surface area contributed by atoms with Crippen molar-refractivity contribution in [3.05, 3.63) is 0 Å². The maximum Gasteiger partial charge on any atom is 0.0616 e. The smallest absolute Gasteiger partial charge is 0.0616 e. The highest BCUT2D eigenvalue weighted by Crippen LogP contribution is 2.12. The van der Waals surface area contributed by atoms with Crippen molar-refractivity contribution in [1.82, 2.24) is 15.1 Å². The minimum absolute atomic E-state index is 0.481. The van der Waals surface area contributed by atoms with E-state index in [0.717, 1.165) is 13.2 Å². The average Bonchev–Trinajstić information content (AvgIpc) is 2.24. The topological polar surface area (TPSA) is 27.7 Å². The third kappa shape index (κ3) is 4.37. The van der Waals surface area contributed by atoms with E-state index in [9.17, 15) is 0 Å². The van der Waals surface area contributed by atoms with E-state index in [1.165, 1.54) is 26.1 Å². The molecule has 0 amide bonds. The molecule has 0 aromatic rings. The van der Waals surface area contributed by atoms with Crippen LogP contribution in [0.3, 0.4) is 0 Å². The van der Waals surface area contributed by atoms with Crippen LogP contribution in [0.1, 0.15) is 13.3 Å². The second kappa shape index (κ2) is 7.22. The van der Waals surface area contributed by atoms with E-state index in [-0.39, 0.29) is 0 Å². The molecule has 1 fully saturated rings. The summed E-state index contributed by atoms with van der Waals surface area (Å²) in [5.41, 5.74) is 0. The van der Waals surface area contributed by atoms with Crippen molar-refractivity contribution in [2.24, 2.45) is 0 Å². The molecule has 0 bridgehead atoms. The number of nitrogens with one attached hydrogen (secondary N) is 1. The lowest BCUT2D eigenvalue weighted by Crippen LogP contribution is -2.52. The number of ether oxygens (including phenoxy) is 1. The summed E-state index contributed by atoms with van der Waals surface area (Å²) in [6.07, 6.45) is 1.17. The van der Waals surface area contributed by atoms with Gasteiger partial charge in [0.2, 0.25) is 0 Å². The van der Waals surface area contributed by atoms with Crippen molar-refractivity contribution in [3.8, 4) is 0 Å². The van der Waals surface area contributed by atoms with Gasteiger partial charge in [-0.3, -0.25) is 0 Å². The molecule has 0 radical (unpaired) electrons. The molecule has 1 saturated heterocycles. The molecule has 2 atom stereocenters. The van der Waals surface area contributed by atoms with Crippen LogP contribution in [0, 0.1) is 0 Å². The van der Waals surface area contributed by atoms with Crippen LogP contribution in [0.4, 0.5) is 0 Å². The average molecular weight is 229 g/mol. The Hall–Kier alpha value is -0.160. The van der Waals surface area contributed by atoms with Gasteiger partial charge < -0.3 is 19.9 Å². The number of hydrogen-bond acceptors (Lipinski definition) is 4. The normalized spacial score (nSPS) is 25.9. The monoisotopic (exact) mass is 229 g/mol. The second-order valence-corrected chi connectivity index (χ2v) is 4.84. The summed E-state index contributed by atoms with van der Waals surface area (Å²) in [4.78, 5) is 4.89. The fourth-order valence-corrected chi connectivity index (χ4v) is 2.38. The standard InChI is InChI=1S/C12H27N3O/c1-5-13-11(10-16-4)8-12-9-14(2)6-7-15(12)3/h11-13H,5-10H2,1-4H3. The molecule has 16 heavy (non-hydrogen) atoms. The zero-order chi connectivity index (χ0) is 12.0. The Labute approximate surface area is 99.9 Å². The van der Waals surface area contributed by atoms with E-state index in [1.54, 1.807) is 7.11 Å². The number of rotatable bonds is 6. The van der Waals surface area contributed by atoms with Crippen LogP contribution in [-0.4, -0.2) is 75.9 Å². The van der Waals surface area contributed by atoms with Gasteiger partial charge in [-0.2, -0.15) is 0 Å². The molecule has 1 aliphatic heterocycles. The summed E-state index contributed by atoms with van der Waals surface area (Å²) in [5, 5.41) is 3.50. The zero-order valence-electron chi connectivity index (χ0n) is 11.2. The van der Waals surface area contributed by atoms with Crippen molar-refractivity contribution in [1.29, 1.82) is 0 Å². The van der Waals surface area contributed by atoms with Crippen LogP contribution < -0.4 is 5.32 Å². The minimum Gasteiger partial charge on any atom is -0.383 e. The summed E-state index contributed by atoms with van der Waals surface area (Å²) in [7, 11) is 6.22. The van der Waals surface area contributed by atoms with Crippen LogP contribution >= 0.6 is 0 Å². The lowest BCUT2D eigenvalue weighted by molar-refractivity contribution is 0.0852. The lowest BCUT2D eigenvalue weighted by atomic mass is 10.0. The quantitative estimate of drug-likeness (QED) is 0.706. The molecule has 2 unspecified atom stereocenters. The third-order valence-corrected chi connectivity index (χ3v) is 3.40. The van der Waals surface area contributed by atoms with Gasteiger partial charge in [-0.15, -0.1) is 0 Å². The van der Waals surface area contributed by atoms with Crippen LogP contribution in [0.15, 0.2) is 0 Å². The Morgan fingerprint density at radius 2 is 2.12 bits per heavy atom. The maximum atomic E-state index is 5.27. The molecule has 1 rings (SSSR count). The highest BCUT2D eigenvalue weighted by molar-refractivity contribution is 4.83. The molecule has 1 aliphatic rings. The number of methoxy groups -OCH3 is 1. The zero-order valence-corrected chi connectivity index (χ0v) is 11.2. The van der Waals surface area contributed by atoms with Gasteiger partial charge in [0.15, 0.2) is 0 Å². The third-order valence-electron chi connectivity index (χ3n) is 3.40. The van der Waals surface area contributed by atoms with Crippen LogP contribution in [0.2, 0.25) is 0 Å². The van der Waals surface area contributed by atoms with Gasteiger partial charge in [0, 0.05) is 38.8 Å². The molecule has 4 nitrogen and oxygen atoms in total. The largest absolute Gasteiger partial charge is 0.383 e. The Bertz CT molecular complexity index is 183. The van der Waals surface area contributed by atoms with Crippen LogP contribution in [0.25, 0.3) is 0 Å². The first kappa shape index (κ1) is 13.9. The molecule has 96 valence electrons. The van der Waals surface area contributed by atoms with Gasteiger partial charge in [0.25, 0.3) is 0 Å². The molecule has 0 spiro atoms. The number of nitrogens with zero attached hydrogens (tertiary/aromatic N) is 2. The fourth-order valence-electron chi connectivity index (χ4n) is 2.38. The molecule has 0 saturated carbocycles. The lowest BCUT2D eigenvalue weighted by Gasteiger charge is -2.39. The highest BCUT2D eigenvalue weighted by atomic mass is 16.5. The minimum atomic E-state index is 0.481. The number of piperazine rings is 1. The second-order valence-electron chi connectivity index (χ2n) is 4.84. The predicted octanol–water partition coefficient (Wildman–Crippen LogP) is 0.247. The first-order chi connectivity index (χ1) is 7.67. The number of likely N-dealkylation sites (N-methyl/N-ethyl adjacent to an activating group) is 3. The van der Waals surface area contributed by atoms with E-state index < -0.39 is 0 Å². The summed E-state index contributed by atoms with van der Waals surface area (Å²) >= 11 is 0. The first-order valence-electron chi connectivity index (χ1n) is 6.28. The van der Waals surface area contributed by atoms with Crippen molar-refractivity contribution < 1.29 is 4.74 Å². The van der Waals surface area contributed by atoms with Crippen molar-refractivity contribution in [2.45, 2.75) is 25.4 Å². The molecule has 0 aliphatic carbocycles. The molecule has 0 aromatic carbocycles. The van der Waals surface area contributed by atoms with Gasteiger partial charge in [-0.25, -0.2) is 0 Å². The maximum absolute atomic E-state index is 5.27. The van der Waals surface area contributed by atoms with E-state index in [2.05, 4.69) is 36.1 Å². The molecule has 4 heteroatoms. The van der Waals surface area contributed by atoms with E-state index >= 15 is 0 Å². The van der Waals surface area contributed by atoms with Crippen molar-refractivity contribution in [2.75, 3.05) is 54.0 Å². The highest BCUT2D eigenvalue weighted by Gasteiger charge is 2.24. The van der Waals surface area contributed by atoms with Gasteiger partial charge in [-0.1, -0.05) is 6.92 Å². The summed E-state index contributed by atoms with van der Waals surface area (Å²) in [6, 6.07) is 1.13. The van der Waals surface area contributed by atoms with Crippen molar-refractivity contribution in [3.63, 3.8) is 0 Å². The molecular weight excluding hydrogens is 202 g/mol.